The molecule has 0 fully saturated rings. The molecule has 1 aromatic carbocycles. The predicted octanol–water partition coefficient (Wildman–Crippen LogP) is 2.51. The minimum Gasteiger partial charge on any atom is -0.504 e. The molecule has 0 saturated heterocycles. The second kappa shape index (κ2) is 6.98. The maximum absolute atomic E-state index is 13.4. The van der Waals surface area contributed by atoms with Crippen LogP contribution in [-0.4, -0.2) is 47.2 Å². The van der Waals surface area contributed by atoms with Crippen molar-refractivity contribution in [3.8, 4) is 11.5 Å². The van der Waals surface area contributed by atoms with Gasteiger partial charge < -0.3 is 15.6 Å². The van der Waals surface area contributed by atoms with E-state index in [0.29, 0.717) is 30.2 Å². The van der Waals surface area contributed by atoms with E-state index in [1.165, 1.54) is 22.2 Å². The fourth-order valence-electron chi connectivity index (χ4n) is 3.77. The quantitative estimate of drug-likeness (QED) is 0.499. The molecule has 11 heteroatoms. The summed E-state index contributed by atoms with van der Waals surface area (Å²) in [5, 5.41) is 14.8. The van der Waals surface area contributed by atoms with Crippen LogP contribution in [-0.2, 0) is 19.5 Å². The van der Waals surface area contributed by atoms with E-state index in [2.05, 4.69) is 35.8 Å². The van der Waals surface area contributed by atoms with E-state index in [0.717, 1.165) is 25.3 Å². The van der Waals surface area contributed by atoms with Crippen LogP contribution in [0.15, 0.2) is 30.5 Å². The summed E-state index contributed by atoms with van der Waals surface area (Å²) in [6.07, 6.45) is -1.16. The monoisotopic (exact) mass is 427 g/mol. The first kappa shape index (κ1) is 19.4. The third-order valence-electron chi connectivity index (χ3n) is 5.13. The fraction of sp³-hybridized carbons (Fsp3) is 0.300. The third kappa shape index (κ3) is 3.56. The number of phenolic OH excluding ortho intramolecular Hbond substituents is 1. The van der Waals surface area contributed by atoms with Crippen LogP contribution >= 0.6 is 0 Å². The maximum Gasteiger partial charge on any atom is 0.395 e. The molecule has 3 N–H and O–H groups in total. The number of hydrogen-bond acceptors (Lipinski definition) is 8. The highest BCUT2D eigenvalue weighted by molar-refractivity contribution is 5.97. The summed E-state index contributed by atoms with van der Waals surface area (Å²) in [6, 6.07) is 6.77. The molecule has 0 amide bonds. The van der Waals surface area contributed by atoms with Crippen LogP contribution in [0.3, 0.4) is 0 Å². The summed E-state index contributed by atoms with van der Waals surface area (Å²) in [5.41, 5.74) is 8.63. The van der Waals surface area contributed by atoms with Gasteiger partial charge in [0.1, 0.15) is 5.52 Å². The summed E-state index contributed by atoms with van der Waals surface area (Å²) in [5.74, 6) is -0.423. The summed E-state index contributed by atoms with van der Waals surface area (Å²) >= 11 is 0. The number of nitrogen functional groups attached to an aromatic ring is 1. The van der Waals surface area contributed by atoms with E-state index in [1.54, 1.807) is 6.20 Å². The van der Waals surface area contributed by atoms with Crippen LogP contribution in [0.2, 0.25) is 0 Å². The van der Waals surface area contributed by atoms with Crippen LogP contribution in [0.4, 0.5) is 14.7 Å². The van der Waals surface area contributed by atoms with Crippen molar-refractivity contribution in [2.45, 2.75) is 32.5 Å². The molecule has 0 radical (unpaired) electrons. The topological polar surface area (TPSA) is 115 Å². The highest BCUT2D eigenvalue weighted by atomic mass is 19.3. The van der Waals surface area contributed by atoms with Gasteiger partial charge in [0.2, 0.25) is 5.95 Å². The van der Waals surface area contributed by atoms with Gasteiger partial charge in [0.15, 0.2) is 23.0 Å². The molecule has 0 aliphatic carbocycles. The number of nitrogens with two attached hydrogens (primary N) is 1. The first-order valence-corrected chi connectivity index (χ1v) is 9.67. The number of alkyl halides is 2. The molecular formula is C20H19F2N7O2. The Morgan fingerprint density at radius 1 is 1.23 bits per heavy atom. The lowest BCUT2D eigenvalue weighted by atomic mass is 10.2. The van der Waals surface area contributed by atoms with Crippen molar-refractivity contribution in [1.82, 2.24) is 29.5 Å². The molecule has 3 aromatic heterocycles. The van der Waals surface area contributed by atoms with Gasteiger partial charge in [-0.15, -0.1) is 5.10 Å². The lowest BCUT2D eigenvalue weighted by molar-refractivity contribution is -0.159. The molecule has 1 aliphatic rings. The Balaban J connectivity index is 1.46. The van der Waals surface area contributed by atoms with E-state index in [-0.39, 0.29) is 11.5 Å². The molecule has 0 atom stereocenters. The molecule has 0 unspecified atom stereocenters. The fourth-order valence-corrected chi connectivity index (χ4v) is 3.77. The van der Waals surface area contributed by atoms with Gasteiger partial charge >= 0.3 is 6.11 Å². The molecule has 160 valence electrons. The average Bonchev–Trinajstić information content (AvgIpc) is 3.32. The van der Waals surface area contributed by atoms with Gasteiger partial charge in [-0.2, -0.15) is 13.3 Å². The summed E-state index contributed by atoms with van der Waals surface area (Å²) in [7, 11) is 0. The van der Waals surface area contributed by atoms with Crippen molar-refractivity contribution in [1.29, 1.82) is 0 Å². The van der Waals surface area contributed by atoms with Crippen LogP contribution in [0.5, 0.6) is 11.5 Å². The van der Waals surface area contributed by atoms with Crippen molar-refractivity contribution >= 4 is 22.5 Å². The van der Waals surface area contributed by atoms with E-state index in [9.17, 15) is 13.9 Å². The zero-order valence-corrected chi connectivity index (χ0v) is 16.6. The number of phenols is 1. The Hall–Kier alpha value is -3.60. The highest BCUT2D eigenvalue weighted by Gasteiger charge is 2.28. The zero-order valence-electron chi connectivity index (χ0n) is 16.6. The Kier molecular flexibility index (Phi) is 4.36. The number of pyridine rings is 1. The number of anilines is 1. The minimum absolute atomic E-state index is 0.00783. The molecule has 0 saturated carbocycles. The van der Waals surface area contributed by atoms with E-state index >= 15 is 0 Å². The SMILES string of the molecule is CC(F)(F)Oc1c(O)ccc2c1nc(N)n1nc(CCN3Cc4cccnc4C3)nc21. The van der Waals surface area contributed by atoms with Gasteiger partial charge in [0.25, 0.3) is 0 Å². The van der Waals surface area contributed by atoms with E-state index in [1.807, 2.05) is 6.07 Å². The number of benzene rings is 1. The van der Waals surface area contributed by atoms with Gasteiger partial charge in [-0.1, -0.05) is 6.07 Å². The number of aromatic hydroxyl groups is 1. The van der Waals surface area contributed by atoms with Crippen molar-refractivity contribution in [3.05, 3.63) is 47.5 Å². The molecule has 31 heavy (non-hydrogen) atoms. The molecule has 4 aromatic rings. The average molecular weight is 427 g/mol. The minimum atomic E-state index is -3.50. The van der Waals surface area contributed by atoms with Crippen LogP contribution < -0.4 is 10.5 Å². The van der Waals surface area contributed by atoms with Crippen molar-refractivity contribution < 1.29 is 18.6 Å². The zero-order chi connectivity index (χ0) is 21.8. The second-order valence-corrected chi connectivity index (χ2v) is 7.52. The smallest absolute Gasteiger partial charge is 0.395 e. The molecular weight excluding hydrogens is 408 g/mol. The first-order chi connectivity index (χ1) is 14.8. The Labute approximate surface area is 175 Å². The molecule has 4 heterocycles. The summed E-state index contributed by atoms with van der Waals surface area (Å²) in [4.78, 5) is 15.3. The lowest BCUT2D eigenvalue weighted by Crippen LogP contribution is -2.20. The van der Waals surface area contributed by atoms with Gasteiger partial charge in [-0.05, 0) is 23.8 Å². The number of aromatic nitrogens is 5. The second-order valence-electron chi connectivity index (χ2n) is 7.52. The maximum atomic E-state index is 13.4. The predicted molar refractivity (Wildman–Crippen MR) is 108 cm³/mol. The van der Waals surface area contributed by atoms with E-state index in [4.69, 9.17) is 5.73 Å². The first-order valence-electron chi connectivity index (χ1n) is 9.67. The van der Waals surface area contributed by atoms with Gasteiger partial charge in [0, 0.05) is 44.6 Å². The molecule has 0 bridgehead atoms. The van der Waals surface area contributed by atoms with Gasteiger partial charge in [-0.3, -0.25) is 9.88 Å². The highest BCUT2D eigenvalue weighted by Crippen LogP contribution is 2.38. The molecule has 9 nitrogen and oxygen atoms in total. The Bertz CT molecular complexity index is 1280. The summed E-state index contributed by atoms with van der Waals surface area (Å²) in [6.45, 7) is 2.87. The Morgan fingerprint density at radius 3 is 2.84 bits per heavy atom. The number of rotatable bonds is 5. The van der Waals surface area contributed by atoms with E-state index < -0.39 is 17.6 Å². The van der Waals surface area contributed by atoms with Crippen molar-refractivity contribution in [2.24, 2.45) is 0 Å². The van der Waals surface area contributed by atoms with Crippen molar-refractivity contribution in [3.63, 3.8) is 0 Å². The Morgan fingerprint density at radius 2 is 2.06 bits per heavy atom. The number of halogens is 2. The summed E-state index contributed by atoms with van der Waals surface area (Å²) < 4.78 is 32.9. The van der Waals surface area contributed by atoms with Crippen LogP contribution in [0.1, 0.15) is 24.0 Å². The van der Waals surface area contributed by atoms with Gasteiger partial charge in [-0.25, -0.2) is 9.97 Å². The standard InChI is InChI=1S/C20H19F2N7O2/c1-20(21,22)31-17-14(30)5-4-12-16(17)26-19(23)29-18(12)25-15(27-29)6-8-28-9-11-3-2-7-24-13(11)10-28/h2-5,7,30H,6,8-10H2,1H3,(H2,23,26). The number of ether oxygens (including phenoxy) is 1. The van der Waals surface area contributed by atoms with Crippen molar-refractivity contribution in [2.75, 3.05) is 12.3 Å². The van der Waals surface area contributed by atoms with Crippen LogP contribution in [0.25, 0.3) is 16.6 Å². The third-order valence-corrected chi connectivity index (χ3v) is 5.13. The molecule has 0 spiro atoms. The number of hydrogen-bond donors (Lipinski definition) is 2. The van der Waals surface area contributed by atoms with Crippen LogP contribution in [0, 0.1) is 0 Å². The normalized spacial score (nSPS) is 14.4. The lowest BCUT2D eigenvalue weighted by Gasteiger charge is -2.15. The molecule has 1 aliphatic heterocycles. The number of fused-ring (bicyclic) bond motifs is 4. The number of nitrogens with zero attached hydrogens (tertiary/aromatic N) is 6. The van der Waals surface area contributed by atoms with Gasteiger partial charge in [0.05, 0.1) is 5.69 Å². The molecule has 5 rings (SSSR count). The largest absolute Gasteiger partial charge is 0.504 e.